The number of carbonyl (C=O) groups is 2. The second-order valence-electron chi connectivity index (χ2n) is 9.97. The summed E-state index contributed by atoms with van der Waals surface area (Å²) in [7, 11) is 0. The SMILES string of the molecule is CCCCN(CC(=O)N1CCc2sccc2C1c1ccc(C)cc1)C(=O)c1ccc(-c2ccccc2)cc1. The standard InChI is InChI=1S/C33H34N2O2S/c1-3-4-20-34(33(37)28-16-14-26(15-17-28)25-8-6-5-7-9-25)23-31(36)35-21-18-30-29(19-22-38-30)32(35)27-12-10-24(2)11-13-27/h5-17,19,22,32H,3-4,18,20-21,23H2,1-2H3. The number of unbranched alkanes of at least 4 members (excludes halogenated alkanes) is 1. The minimum Gasteiger partial charge on any atom is -0.330 e. The van der Waals surface area contributed by atoms with Gasteiger partial charge in [-0.1, -0.05) is 85.6 Å². The molecule has 1 aliphatic heterocycles. The number of hydrogen-bond acceptors (Lipinski definition) is 3. The second-order valence-corrected chi connectivity index (χ2v) is 11.0. The average Bonchev–Trinajstić information content (AvgIpc) is 3.44. The van der Waals surface area contributed by atoms with Crippen LogP contribution < -0.4 is 0 Å². The summed E-state index contributed by atoms with van der Waals surface area (Å²) in [5, 5.41) is 2.12. The van der Waals surface area contributed by atoms with E-state index in [0.29, 0.717) is 18.7 Å². The molecule has 5 rings (SSSR count). The van der Waals surface area contributed by atoms with Crippen LogP contribution in [-0.2, 0) is 11.2 Å². The number of hydrogen-bond donors (Lipinski definition) is 0. The van der Waals surface area contributed by atoms with Crippen LogP contribution in [0.25, 0.3) is 11.1 Å². The fourth-order valence-electron chi connectivity index (χ4n) is 5.17. The molecule has 0 saturated carbocycles. The van der Waals surface area contributed by atoms with Crippen LogP contribution in [0.3, 0.4) is 0 Å². The molecule has 1 unspecified atom stereocenters. The third-order valence-corrected chi connectivity index (χ3v) is 8.31. The molecule has 1 atom stereocenters. The Bertz CT molecular complexity index is 1380. The van der Waals surface area contributed by atoms with Crippen LogP contribution >= 0.6 is 11.3 Å². The molecule has 0 radical (unpaired) electrons. The van der Waals surface area contributed by atoms with E-state index in [0.717, 1.165) is 36.0 Å². The zero-order valence-electron chi connectivity index (χ0n) is 22.1. The number of fused-ring (bicyclic) bond motifs is 1. The highest BCUT2D eigenvalue weighted by molar-refractivity contribution is 7.10. The van der Waals surface area contributed by atoms with Crippen molar-refractivity contribution in [2.24, 2.45) is 0 Å². The molecular weight excluding hydrogens is 488 g/mol. The van der Waals surface area contributed by atoms with Crippen molar-refractivity contribution in [1.29, 1.82) is 0 Å². The Balaban J connectivity index is 1.38. The van der Waals surface area contributed by atoms with Gasteiger partial charge in [-0.3, -0.25) is 9.59 Å². The molecule has 0 N–H and O–H groups in total. The fraction of sp³-hybridized carbons (Fsp3) is 0.273. The van der Waals surface area contributed by atoms with Gasteiger partial charge in [0.15, 0.2) is 0 Å². The van der Waals surface area contributed by atoms with Crippen LogP contribution in [0.4, 0.5) is 0 Å². The highest BCUT2D eigenvalue weighted by Crippen LogP contribution is 2.38. The summed E-state index contributed by atoms with van der Waals surface area (Å²) >= 11 is 1.76. The molecule has 4 aromatic rings. The van der Waals surface area contributed by atoms with Crippen molar-refractivity contribution in [1.82, 2.24) is 9.80 Å². The van der Waals surface area contributed by atoms with E-state index in [4.69, 9.17) is 0 Å². The Morgan fingerprint density at radius 1 is 0.921 bits per heavy atom. The molecule has 5 heteroatoms. The van der Waals surface area contributed by atoms with Crippen molar-refractivity contribution in [2.75, 3.05) is 19.6 Å². The van der Waals surface area contributed by atoms with Gasteiger partial charge in [-0.25, -0.2) is 0 Å². The number of amides is 2. The smallest absolute Gasteiger partial charge is 0.254 e. The molecule has 1 aliphatic rings. The summed E-state index contributed by atoms with van der Waals surface area (Å²) in [6.45, 7) is 5.49. The molecule has 2 amide bonds. The lowest BCUT2D eigenvalue weighted by molar-refractivity contribution is -0.134. The van der Waals surface area contributed by atoms with E-state index in [1.807, 2.05) is 47.4 Å². The molecule has 0 fully saturated rings. The lowest BCUT2D eigenvalue weighted by Gasteiger charge is -2.37. The lowest BCUT2D eigenvalue weighted by atomic mass is 9.92. The maximum atomic E-state index is 13.9. The van der Waals surface area contributed by atoms with Gasteiger partial charge in [-0.2, -0.15) is 0 Å². The molecule has 1 aromatic heterocycles. The fourth-order valence-corrected chi connectivity index (χ4v) is 6.07. The Morgan fingerprint density at radius 3 is 2.34 bits per heavy atom. The number of thiophene rings is 1. The molecule has 0 aliphatic carbocycles. The average molecular weight is 523 g/mol. The predicted octanol–water partition coefficient (Wildman–Crippen LogP) is 7.14. The minimum absolute atomic E-state index is 0.00205. The molecule has 3 aromatic carbocycles. The Labute approximate surface area is 229 Å². The van der Waals surface area contributed by atoms with E-state index < -0.39 is 0 Å². The zero-order chi connectivity index (χ0) is 26.5. The van der Waals surface area contributed by atoms with Crippen molar-refractivity contribution in [2.45, 2.75) is 39.2 Å². The van der Waals surface area contributed by atoms with Crippen LogP contribution in [0.5, 0.6) is 0 Å². The van der Waals surface area contributed by atoms with Crippen molar-refractivity contribution >= 4 is 23.2 Å². The summed E-state index contributed by atoms with van der Waals surface area (Å²) in [6, 6.07) is 28.4. The van der Waals surface area contributed by atoms with Gasteiger partial charge in [0.2, 0.25) is 5.91 Å². The Kier molecular flexibility index (Phi) is 8.04. The van der Waals surface area contributed by atoms with Crippen molar-refractivity contribution in [3.8, 4) is 11.1 Å². The monoisotopic (exact) mass is 522 g/mol. The maximum Gasteiger partial charge on any atom is 0.254 e. The minimum atomic E-state index is -0.119. The van der Waals surface area contributed by atoms with Gasteiger partial charge >= 0.3 is 0 Å². The van der Waals surface area contributed by atoms with Crippen LogP contribution in [0, 0.1) is 6.92 Å². The van der Waals surface area contributed by atoms with Crippen LogP contribution in [-0.4, -0.2) is 41.2 Å². The first-order valence-corrected chi connectivity index (χ1v) is 14.3. The van der Waals surface area contributed by atoms with Gasteiger partial charge in [-0.15, -0.1) is 11.3 Å². The number of aryl methyl sites for hydroxylation is 1. The normalized spacial score (nSPS) is 14.7. The van der Waals surface area contributed by atoms with E-state index in [9.17, 15) is 9.59 Å². The van der Waals surface area contributed by atoms with Crippen molar-refractivity contribution in [3.63, 3.8) is 0 Å². The first-order chi connectivity index (χ1) is 18.5. The summed E-state index contributed by atoms with van der Waals surface area (Å²) in [4.78, 5) is 32.5. The van der Waals surface area contributed by atoms with Gasteiger partial charge in [0.05, 0.1) is 6.04 Å². The molecule has 2 heterocycles. The van der Waals surface area contributed by atoms with E-state index in [1.165, 1.54) is 16.0 Å². The predicted molar refractivity (Wildman–Crippen MR) is 155 cm³/mol. The highest BCUT2D eigenvalue weighted by Gasteiger charge is 2.34. The molecular formula is C33H34N2O2S. The summed E-state index contributed by atoms with van der Waals surface area (Å²) in [5.74, 6) is -0.0932. The third-order valence-electron chi connectivity index (χ3n) is 7.31. The van der Waals surface area contributed by atoms with E-state index >= 15 is 0 Å². The number of rotatable bonds is 8. The van der Waals surface area contributed by atoms with Gasteiger partial charge in [0.25, 0.3) is 5.91 Å². The highest BCUT2D eigenvalue weighted by atomic mass is 32.1. The van der Waals surface area contributed by atoms with Gasteiger partial charge in [0.1, 0.15) is 6.54 Å². The number of nitrogens with zero attached hydrogens (tertiary/aromatic N) is 2. The lowest BCUT2D eigenvalue weighted by Crippen LogP contribution is -2.47. The molecule has 194 valence electrons. The first kappa shape index (κ1) is 25.9. The largest absolute Gasteiger partial charge is 0.330 e. The van der Waals surface area contributed by atoms with Crippen molar-refractivity contribution < 1.29 is 9.59 Å². The van der Waals surface area contributed by atoms with E-state index in [-0.39, 0.29) is 24.4 Å². The maximum absolute atomic E-state index is 13.9. The molecule has 0 saturated heterocycles. The number of benzene rings is 3. The first-order valence-electron chi connectivity index (χ1n) is 13.4. The summed E-state index contributed by atoms with van der Waals surface area (Å²) < 4.78 is 0. The van der Waals surface area contributed by atoms with Gasteiger partial charge < -0.3 is 9.80 Å². The van der Waals surface area contributed by atoms with Gasteiger partial charge in [0, 0.05) is 23.5 Å². The van der Waals surface area contributed by atoms with Gasteiger partial charge in [-0.05, 0) is 65.6 Å². The Hall–Kier alpha value is -3.70. The van der Waals surface area contributed by atoms with Crippen LogP contribution in [0.15, 0.2) is 90.3 Å². The second kappa shape index (κ2) is 11.8. The molecule has 4 nitrogen and oxygen atoms in total. The third kappa shape index (κ3) is 5.58. The zero-order valence-corrected chi connectivity index (χ0v) is 22.9. The topological polar surface area (TPSA) is 40.6 Å². The molecule has 0 spiro atoms. The van der Waals surface area contributed by atoms with E-state index in [2.05, 4.69) is 61.7 Å². The number of carbonyl (C=O) groups excluding carboxylic acids is 2. The van der Waals surface area contributed by atoms with Crippen LogP contribution in [0.1, 0.15) is 57.7 Å². The molecule has 38 heavy (non-hydrogen) atoms. The summed E-state index contributed by atoms with van der Waals surface area (Å²) in [6.07, 6.45) is 2.67. The van der Waals surface area contributed by atoms with Crippen LogP contribution in [0.2, 0.25) is 0 Å². The molecule has 0 bridgehead atoms. The van der Waals surface area contributed by atoms with E-state index in [1.54, 1.807) is 16.2 Å². The van der Waals surface area contributed by atoms with Crippen molar-refractivity contribution in [3.05, 3.63) is 117 Å². The Morgan fingerprint density at radius 2 is 1.63 bits per heavy atom. The summed E-state index contributed by atoms with van der Waals surface area (Å²) in [5.41, 5.74) is 6.32. The quantitative estimate of drug-likeness (QED) is 0.247.